The second kappa shape index (κ2) is 14.7. The van der Waals surface area contributed by atoms with Gasteiger partial charge in [-0.05, 0) is 53.8 Å². The molecule has 4 N–H and O–H groups in total. The molecule has 0 unspecified atom stereocenters. The van der Waals surface area contributed by atoms with Crippen molar-refractivity contribution in [2.24, 2.45) is 0 Å². The van der Waals surface area contributed by atoms with Gasteiger partial charge in [0.25, 0.3) is 0 Å². The monoisotopic (exact) mass is 628 g/mol. The van der Waals surface area contributed by atoms with Gasteiger partial charge in [-0.1, -0.05) is 78.9 Å². The molecule has 47 heavy (non-hydrogen) atoms. The molecule has 1 fully saturated rings. The van der Waals surface area contributed by atoms with Crippen molar-refractivity contribution in [1.29, 1.82) is 5.26 Å². The predicted molar refractivity (Wildman–Crippen MR) is 179 cm³/mol. The number of nitrogens with one attached hydrogen (secondary N) is 4. The Morgan fingerprint density at radius 3 is 2.36 bits per heavy atom. The predicted octanol–water partition coefficient (Wildman–Crippen LogP) is 5.59. The van der Waals surface area contributed by atoms with Crippen LogP contribution >= 0.6 is 0 Å². The molecule has 1 aliphatic heterocycles. The second-order valence-corrected chi connectivity index (χ2v) is 11.5. The van der Waals surface area contributed by atoms with Gasteiger partial charge in [-0.15, -0.1) is 0 Å². The van der Waals surface area contributed by atoms with E-state index in [4.69, 9.17) is 9.47 Å². The number of anilines is 1. The van der Waals surface area contributed by atoms with Gasteiger partial charge in [-0.25, -0.2) is 9.78 Å². The number of nitrogens with zero attached hydrogens (tertiary/aromatic N) is 2. The largest absolute Gasteiger partial charge is 0.453 e. The second-order valence-electron chi connectivity index (χ2n) is 11.5. The molecular weight excluding hydrogens is 592 g/mol. The molecule has 3 atom stereocenters. The van der Waals surface area contributed by atoms with E-state index in [2.05, 4.69) is 32.0 Å². The maximum absolute atomic E-state index is 14.0. The number of H-pyrrole nitrogens is 1. The number of carbonyl (C=O) groups excluding carboxylic acids is 2. The highest BCUT2D eigenvalue weighted by Gasteiger charge is 2.33. The lowest BCUT2D eigenvalue weighted by atomic mass is 9.84. The molecule has 238 valence electrons. The lowest BCUT2D eigenvalue weighted by Gasteiger charge is -2.30. The number of hydrogen-bond acceptors (Lipinski definition) is 7. The summed E-state index contributed by atoms with van der Waals surface area (Å²) < 4.78 is 11.2. The molecule has 1 aromatic heterocycles. The van der Waals surface area contributed by atoms with Crippen molar-refractivity contribution in [3.8, 4) is 6.07 Å². The van der Waals surface area contributed by atoms with Crippen LogP contribution in [0, 0.1) is 11.3 Å². The van der Waals surface area contributed by atoms with E-state index in [9.17, 15) is 14.9 Å². The van der Waals surface area contributed by atoms with E-state index in [1.165, 1.54) is 7.11 Å². The van der Waals surface area contributed by atoms with Gasteiger partial charge in [0.2, 0.25) is 5.91 Å². The van der Waals surface area contributed by atoms with E-state index < -0.39 is 18.1 Å². The molecule has 0 aliphatic carbocycles. The van der Waals surface area contributed by atoms with Crippen LogP contribution in [0.4, 0.5) is 10.5 Å². The summed E-state index contributed by atoms with van der Waals surface area (Å²) in [5, 5.41) is 18.6. The number of methoxy groups -OCH3 is 1. The summed E-state index contributed by atoms with van der Waals surface area (Å²) in [4.78, 5) is 34.6. The zero-order chi connectivity index (χ0) is 32.6. The molecule has 6 rings (SSSR count). The molecule has 10 nitrogen and oxygen atoms in total. The topological polar surface area (TPSA) is 141 Å². The van der Waals surface area contributed by atoms with Crippen LogP contribution in [0.15, 0.2) is 103 Å². The van der Waals surface area contributed by atoms with E-state index in [-0.39, 0.29) is 18.1 Å². The molecular formula is C37H36N6O4. The first-order valence-electron chi connectivity index (χ1n) is 15.6. The molecule has 0 radical (unpaired) electrons. The average molecular weight is 629 g/mol. The number of para-hydroxylation sites is 1. The minimum absolute atomic E-state index is 0.0288. The number of aryl methyl sites for hydroxylation is 1. The summed E-state index contributed by atoms with van der Waals surface area (Å²) >= 11 is 0. The quantitative estimate of drug-likeness (QED) is 0.158. The smallest absolute Gasteiger partial charge is 0.407 e. The fraction of sp³-hybridized carbons (Fsp3) is 0.243. The zero-order valence-corrected chi connectivity index (χ0v) is 26.0. The molecule has 0 spiro atoms. The number of morpholine rings is 1. The van der Waals surface area contributed by atoms with E-state index in [1.54, 1.807) is 12.1 Å². The number of imidazole rings is 1. The van der Waals surface area contributed by atoms with Gasteiger partial charge in [-0.2, -0.15) is 5.26 Å². The highest BCUT2D eigenvalue weighted by atomic mass is 16.5. The van der Waals surface area contributed by atoms with E-state index in [0.717, 1.165) is 40.0 Å². The van der Waals surface area contributed by atoms with Crippen LogP contribution in [-0.4, -0.2) is 54.4 Å². The minimum Gasteiger partial charge on any atom is -0.453 e. The minimum atomic E-state index is -0.951. The highest BCUT2D eigenvalue weighted by molar-refractivity contribution is 5.98. The van der Waals surface area contributed by atoms with Gasteiger partial charge in [0.1, 0.15) is 11.9 Å². The number of fused-ring (bicyclic) bond motifs is 1. The Balaban J connectivity index is 1.13. The van der Waals surface area contributed by atoms with Crippen LogP contribution in [0.3, 0.4) is 0 Å². The Morgan fingerprint density at radius 2 is 1.70 bits per heavy atom. The molecule has 1 aliphatic rings. The lowest BCUT2D eigenvalue weighted by Crippen LogP contribution is -2.48. The number of hydrogen-bond donors (Lipinski definition) is 4. The van der Waals surface area contributed by atoms with Crippen molar-refractivity contribution < 1.29 is 19.1 Å². The standard InChI is InChI=1S/C37H36N6O4/c1-46-37(45)43-34(33(26-11-4-2-5-12-26)27-13-6-3-7-14-27)36(44)42-29-15-9-8-10-25(29)17-18-28-22-39-32(23-47-28)35-40-30-19-16-24(21-38)20-31(30)41-35/h2-16,19-20,28,32-34,39H,17-18,22-23H2,1H3,(H,40,41)(H,42,44)(H,43,45)/t28-,32+,34+/m1/s1. The fourth-order valence-corrected chi connectivity index (χ4v) is 6.02. The molecule has 2 heterocycles. The maximum Gasteiger partial charge on any atom is 0.407 e. The van der Waals surface area contributed by atoms with Crippen molar-refractivity contribution >= 4 is 28.7 Å². The van der Waals surface area contributed by atoms with Crippen molar-refractivity contribution in [2.45, 2.75) is 36.9 Å². The van der Waals surface area contributed by atoms with Crippen molar-refractivity contribution in [2.75, 3.05) is 25.6 Å². The summed E-state index contributed by atoms with van der Waals surface area (Å²) in [5.74, 6) is -0.0359. The van der Waals surface area contributed by atoms with Gasteiger partial charge in [0.15, 0.2) is 0 Å². The first-order valence-corrected chi connectivity index (χ1v) is 15.6. The lowest BCUT2D eigenvalue weighted by molar-refractivity contribution is -0.118. The molecule has 10 heteroatoms. The van der Waals surface area contributed by atoms with Gasteiger partial charge >= 0.3 is 6.09 Å². The molecule has 2 amide bonds. The Morgan fingerprint density at radius 1 is 1.00 bits per heavy atom. The Hall–Kier alpha value is -5.50. The number of ether oxygens (including phenoxy) is 2. The summed E-state index contributed by atoms with van der Waals surface area (Å²) in [6, 6.07) is 33.5. The van der Waals surface area contributed by atoms with Gasteiger partial charge in [0.05, 0.1) is 48.5 Å². The Kier molecular flexibility index (Phi) is 9.87. The highest BCUT2D eigenvalue weighted by Crippen LogP contribution is 2.30. The zero-order valence-electron chi connectivity index (χ0n) is 26.0. The third-order valence-electron chi connectivity index (χ3n) is 8.45. The third-order valence-corrected chi connectivity index (χ3v) is 8.45. The SMILES string of the molecule is COC(=O)N[C@H](C(=O)Nc1ccccc1CC[C@@H]1CN[C@H](c2nc3ccc(C#N)cc3[nH]2)CO1)C(c1ccccc1)c1ccccc1. The summed E-state index contributed by atoms with van der Waals surface area (Å²) in [6.45, 7) is 1.09. The fourth-order valence-electron chi connectivity index (χ4n) is 6.02. The van der Waals surface area contributed by atoms with Crippen LogP contribution in [0.5, 0.6) is 0 Å². The first-order chi connectivity index (χ1) is 23.0. The van der Waals surface area contributed by atoms with Crippen LogP contribution in [-0.2, 0) is 20.7 Å². The number of aromatic nitrogens is 2. The average Bonchev–Trinajstić information content (AvgIpc) is 3.55. The molecule has 4 aromatic carbocycles. The number of amides is 2. The number of alkyl carbamates (subject to hydrolysis) is 1. The van der Waals surface area contributed by atoms with Gasteiger partial charge in [0, 0.05) is 18.2 Å². The number of aromatic amines is 1. The van der Waals surface area contributed by atoms with Crippen LogP contribution < -0.4 is 16.0 Å². The van der Waals surface area contributed by atoms with Crippen molar-refractivity contribution in [3.05, 3.63) is 131 Å². The Labute approximate surface area is 273 Å². The molecule has 5 aromatic rings. The summed E-state index contributed by atoms with van der Waals surface area (Å²) in [7, 11) is 1.28. The summed E-state index contributed by atoms with van der Waals surface area (Å²) in [5.41, 5.74) is 5.63. The van der Waals surface area contributed by atoms with E-state index in [0.29, 0.717) is 30.8 Å². The Bertz CT molecular complexity index is 1820. The van der Waals surface area contributed by atoms with E-state index in [1.807, 2.05) is 91.0 Å². The number of rotatable bonds is 10. The number of benzene rings is 4. The van der Waals surface area contributed by atoms with Gasteiger partial charge in [-0.3, -0.25) is 4.79 Å². The molecule has 1 saturated heterocycles. The maximum atomic E-state index is 14.0. The first kappa shape index (κ1) is 31.5. The van der Waals surface area contributed by atoms with Crippen molar-refractivity contribution in [1.82, 2.24) is 20.6 Å². The molecule has 0 saturated carbocycles. The number of carbonyl (C=O) groups is 2. The van der Waals surface area contributed by atoms with Crippen LogP contribution in [0.2, 0.25) is 0 Å². The van der Waals surface area contributed by atoms with Gasteiger partial charge < -0.3 is 30.4 Å². The van der Waals surface area contributed by atoms with Crippen LogP contribution in [0.25, 0.3) is 11.0 Å². The van der Waals surface area contributed by atoms with E-state index >= 15 is 0 Å². The van der Waals surface area contributed by atoms with Crippen LogP contribution in [0.1, 0.15) is 46.5 Å². The molecule has 0 bridgehead atoms. The normalized spacial score (nSPS) is 16.7. The number of nitriles is 1. The summed E-state index contributed by atoms with van der Waals surface area (Å²) in [6.07, 6.45) is 0.688. The third kappa shape index (κ3) is 7.49. The van der Waals surface area contributed by atoms with Crippen molar-refractivity contribution in [3.63, 3.8) is 0 Å².